The highest BCUT2D eigenvalue weighted by atomic mass is 35.5. The van der Waals surface area contributed by atoms with Crippen LogP contribution in [-0.2, 0) is 4.79 Å². The van der Waals surface area contributed by atoms with Gasteiger partial charge in [0, 0.05) is 10.6 Å². The normalized spacial score (nSPS) is 12.1. The third kappa shape index (κ3) is 4.31. The van der Waals surface area contributed by atoms with Gasteiger partial charge in [0.15, 0.2) is 6.54 Å². The number of benzene rings is 3. The molecular weight excluding hydrogens is 355 g/mol. The Labute approximate surface area is 156 Å². The summed E-state index contributed by atoms with van der Waals surface area (Å²) in [7, 11) is 0. The second-order valence-corrected chi connectivity index (χ2v) is 6.81. The molecule has 3 N–H and O–H groups in total. The van der Waals surface area contributed by atoms with Crippen molar-refractivity contribution < 1.29 is 10.1 Å². The van der Waals surface area contributed by atoms with Crippen molar-refractivity contribution in [2.45, 2.75) is 13.0 Å². The van der Waals surface area contributed by atoms with E-state index in [0.717, 1.165) is 0 Å². The second-order valence-electron chi connectivity index (χ2n) is 5.97. The van der Waals surface area contributed by atoms with Crippen molar-refractivity contribution in [2.24, 2.45) is 0 Å². The molecule has 3 aromatic rings. The van der Waals surface area contributed by atoms with Gasteiger partial charge in [-0.2, -0.15) is 0 Å². The van der Waals surface area contributed by atoms with Crippen LogP contribution in [0.15, 0.2) is 60.7 Å². The third-order valence-electron chi connectivity index (χ3n) is 4.18. The molecule has 3 aromatic carbocycles. The van der Waals surface area contributed by atoms with Crippen LogP contribution in [-0.4, -0.2) is 12.5 Å². The van der Waals surface area contributed by atoms with Gasteiger partial charge in [-0.25, -0.2) is 0 Å². The quantitative estimate of drug-likeness (QED) is 0.683. The van der Waals surface area contributed by atoms with Crippen LogP contribution in [0.4, 0.5) is 5.69 Å². The molecule has 0 radical (unpaired) electrons. The minimum Gasteiger partial charge on any atom is -0.332 e. The van der Waals surface area contributed by atoms with Gasteiger partial charge in [-0.1, -0.05) is 65.7 Å². The van der Waals surface area contributed by atoms with Crippen molar-refractivity contribution >= 4 is 45.6 Å². The van der Waals surface area contributed by atoms with Crippen molar-refractivity contribution in [3.63, 3.8) is 0 Å². The number of anilines is 1. The lowest BCUT2D eigenvalue weighted by atomic mass is 10.00. The molecule has 1 amide bonds. The maximum absolute atomic E-state index is 12.2. The van der Waals surface area contributed by atoms with Crippen LogP contribution in [0.25, 0.3) is 10.8 Å². The zero-order chi connectivity index (χ0) is 17.8. The molecule has 25 heavy (non-hydrogen) atoms. The molecule has 0 aromatic heterocycles. The van der Waals surface area contributed by atoms with E-state index < -0.39 is 0 Å². The van der Waals surface area contributed by atoms with Crippen LogP contribution in [0.1, 0.15) is 18.5 Å². The lowest BCUT2D eigenvalue weighted by Crippen LogP contribution is -2.86. The number of rotatable bonds is 5. The standard InChI is InChI=1S/C20H18Cl2N2O/c1-13(16-8-4-6-14-5-2-3-7-17(14)16)23-12-20(25)24-19-10-9-15(21)11-18(19)22/h2-11,13,23H,12H2,1H3,(H,24,25)/p+1/t13-/m0/s1. The van der Waals surface area contributed by atoms with Crippen LogP contribution in [0.5, 0.6) is 0 Å². The molecule has 0 aliphatic rings. The van der Waals surface area contributed by atoms with E-state index in [9.17, 15) is 4.79 Å². The summed E-state index contributed by atoms with van der Waals surface area (Å²) in [5, 5.41) is 8.23. The summed E-state index contributed by atoms with van der Waals surface area (Å²) in [5.74, 6) is -0.101. The molecule has 5 heteroatoms. The average Bonchev–Trinajstić information content (AvgIpc) is 2.61. The Bertz CT molecular complexity index is 906. The van der Waals surface area contributed by atoms with E-state index in [1.165, 1.54) is 16.3 Å². The van der Waals surface area contributed by atoms with Gasteiger partial charge in [0.1, 0.15) is 6.04 Å². The van der Waals surface area contributed by atoms with E-state index in [4.69, 9.17) is 23.2 Å². The first-order valence-electron chi connectivity index (χ1n) is 8.10. The van der Waals surface area contributed by atoms with Crippen LogP contribution < -0.4 is 10.6 Å². The number of nitrogens with one attached hydrogen (secondary N) is 1. The molecular formula is C20H19Cl2N2O+. The first-order chi connectivity index (χ1) is 12.0. The van der Waals surface area contributed by atoms with Gasteiger partial charge >= 0.3 is 0 Å². The Morgan fingerprint density at radius 1 is 1.08 bits per heavy atom. The van der Waals surface area contributed by atoms with Crippen molar-refractivity contribution in [1.82, 2.24) is 0 Å². The van der Waals surface area contributed by atoms with E-state index in [-0.39, 0.29) is 11.9 Å². The summed E-state index contributed by atoms with van der Waals surface area (Å²) in [4.78, 5) is 12.2. The van der Waals surface area contributed by atoms with E-state index in [1.807, 2.05) is 17.4 Å². The van der Waals surface area contributed by atoms with Gasteiger partial charge < -0.3 is 10.6 Å². The van der Waals surface area contributed by atoms with Gasteiger partial charge in [-0.15, -0.1) is 0 Å². The molecule has 3 rings (SSSR count). The van der Waals surface area contributed by atoms with E-state index >= 15 is 0 Å². The fraction of sp³-hybridized carbons (Fsp3) is 0.150. The average molecular weight is 374 g/mol. The predicted molar refractivity (Wildman–Crippen MR) is 104 cm³/mol. The summed E-state index contributed by atoms with van der Waals surface area (Å²) >= 11 is 12.0. The van der Waals surface area contributed by atoms with Crippen molar-refractivity contribution in [2.75, 3.05) is 11.9 Å². The van der Waals surface area contributed by atoms with Crippen molar-refractivity contribution in [3.05, 3.63) is 76.3 Å². The van der Waals surface area contributed by atoms with Crippen LogP contribution in [0.3, 0.4) is 0 Å². The number of nitrogens with two attached hydrogens (primary N) is 1. The lowest BCUT2D eigenvalue weighted by molar-refractivity contribution is -0.682. The Balaban J connectivity index is 1.65. The smallest absolute Gasteiger partial charge is 0.279 e. The number of hydrogen-bond acceptors (Lipinski definition) is 1. The predicted octanol–water partition coefficient (Wildman–Crippen LogP) is 4.41. The number of fused-ring (bicyclic) bond motifs is 1. The third-order valence-corrected chi connectivity index (χ3v) is 4.72. The monoisotopic (exact) mass is 373 g/mol. The number of amides is 1. The number of carbonyl (C=O) groups is 1. The first-order valence-corrected chi connectivity index (χ1v) is 8.86. The molecule has 0 saturated carbocycles. The van der Waals surface area contributed by atoms with Gasteiger partial charge in [0.05, 0.1) is 10.7 Å². The highest BCUT2D eigenvalue weighted by Gasteiger charge is 2.14. The first kappa shape index (κ1) is 17.7. The Morgan fingerprint density at radius 3 is 2.64 bits per heavy atom. The van der Waals surface area contributed by atoms with Gasteiger partial charge in [-0.3, -0.25) is 4.79 Å². The lowest BCUT2D eigenvalue weighted by Gasteiger charge is -2.14. The zero-order valence-electron chi connectivity index (χ0n) is 13.8. The minimum absolute atomic E-state index is 0.101. The van der Waals surface area contributed by atoms with E-state index in [2.05, 4.69) is 42.6 Å². The zero-order valence-corrected chi connectivity index (χ0v) is 15.3. The summed E-state index contributed by atoms with van der Waals surface area (Å²) in [6, 6.07) is 19.7. The molecule has 0 aliphatic heterocycles. The second kappa shape index (κ2) is 7.87. The Morgan fingerprint density at radius 2 is 1.84 bits per heavy atom. The topological polar surface area (TPSA) is 45.7 Å². The highest BCUT2D eigenvalue weighted by molar-refractivity contribution is 6.36. The van der Waals surface area contributed by atoms with E-state index in [0.29, 0.717) is 22.3 Å². The maximum Gasteiger partial charge on any atom is 0.279 e. The fourth-order valence-corrected chi connectivity index (χ4v) is 3.31. The van der Waals surface area contributed by atoms with Crippen molar-refractivity contribution in [3.8, 4) is 0 Å². The highest BCUT2D eigenvalue weighted by Crippen LogP contribution is 2.25. The number of quaternary nitrogens is 1. The van der Waals surface area contributed by atoms with Crippen LogP contribution in [0, 0.1) is 0 Å². The molecule has 128 valence electrons. The van der Waals surface area contributed by atoms with Gasteiger partial charge in [0.2, 0.25) is 0 Å². The molecule has 0 fully saturated rings. The molecule has 0 heterocycles. The molecule has 1 atom stereocenters. The van der Waals surface area contributed by atoms with Gasteiger partial charge in [0.25, 0.3) is 5.91 Å². The SMILES string of the molecule is C[C@H]([NH2+]CC(=O)Nc1ccc(Cl)cc1Cl)c1cccc2ccccc12. The minimum atomic E-state index is -0.101. The largest absolute Gasteiger partial charge is 0.332 e. The Hall–Kier alpha value is -2.07. The molecule has 0 aliphatic carbocycles. The number of hydrogen-bond donors (Lipinski definition) is 2. The summed E-state index contributed by atoms with van der Waals surface area (Å²) in [6.45, 7) is 2.41. The number of carbonyl (C=O) groups excluding carboxylic acids is 1. The summed E-state index contributed by atoms with van der Waals surface area (Å²) in [6.07, 6.45) is 0. The molecule has 0 saturated heterocycles. The summed E-state index contributed by atoms with van der Waals surface area (Å²) < 4.78 is 0. The molecule has 0 bridgehead atoms. The molecule has 0 unspecified atom stereocenters. The maximum atomic E-state index is 12.2. The van der Waals surface area contributed by atoms with Gasteiger partial charge in [-0.05, 0) is 35.9 Å². The van der Waals surface area contributed by atoms with E-state index in [1.54, 1.807) is 18.2 Å². The molecule has 3 nitrogen and oxygen atoms in total. The molecule has 0 spiro atoms. The number of halogens is 2. The van der Waals surface area contributed by atoms with Crippen molar-refractivity contribution in [1.29, 1.82) is 0 Å². The van der Waals surface area contributed by atoms with Crippen LogP contribution >= 0.6 is 23.2 Å². The van der Waals surface area contributed by atoms with Crippen LogP contribution in [0.2, 0.25) is 10.0 Å². The fourth-order valence-electron chi connectivity index (χ4n) is 2.85. The summed E-state index contributed by atoms with van der Waals surface area (Å²) in [5.41, 5.74) is 1.79. The Kier molecular flexibility index (Phi) is 5.59.